The average Bonchev–Trinajstić information content (AvgIpc) is 2.78. The highest BCUT2D eigenvalue weighted by Gasteiger charge is 2.30. The summed E-state index contributed by atoms with van der Waals surface area (Å²) in [7, 11) is 0. The van der Waals surface area contributed by atoms with Gasteiger partial charge in [-0.2, -0.15) is 13.2 Å². The van der Waals surface area contributed by atoms with Crippen LogP contribution in [0.3, 0.4) is 0 Å². The van der Waals surface area contributed by atoms with E-state index in [-0.39, 0.29) is 0 Å². The van der Waals surface area contributed by atoms with E-state index in [1.54, 1.807) is 12.1 Å². The minimum absolute atomic E-state index is 0.427. The van der Waals surface area contributed by atoms with Crippen LogP contribution in [0.2, 0.25) is 0 Å². The second-order valence-electron chi connectivity index (χ2n) is 7.40. The van der Waals surface area contributed by atoms with Gasteiger partial charge >= 0.3 is 12.1 Å². The smallest absolute Gasteiger partial charge is 0.416 e. The summed E-state index contributed by atoms with van der Waals surface area (Å²) in [4.78, 5) is 11.0. The summed E-state index contributed by atoms with van der Waals surface area (Å²) in [6.07, 6.45) is -3.92. The van der Waals surface area contributed by atoms with Crippen molar-refractivity contribution in [1.29, 1.82) is 0 Å². The Kier molecular flexibility index (Phi) is 5.86. The molecule has 0 atom stereocenters. The standard InChI is InChI=1S/C26H19F3O3/c27-26(28,29)22-11-8-17(9-12-22)19-10-13-24(32-16-25(30)31)21(14-19)15-20-6-3-5-18-4-1-2-7-23(18)20/h1-14H,15-16H2,(H,30,31). The monoisotopic (exact) mass is 436 g/mol. The predicted molar refractivity (Wildman–Crippen MR) is 117 cm³/mol. The highest BCUT2D eigenvalue weighted by atomic mass is 19.4. The van der Waals surface area contributed by atoms with Crippen molar-refractivity contribution in [2.24, 2.45) is 0 Å². The third-order valence-electron chi connectivity index (χ3n) is 5.22. The SMILES string of the molecule is O=C(O)COc1ccc(-c2ccc(C(F)(F)F)cc2)cc1Cc1cccc2ccccc12. The summed E-state index contributed by atoms with van der Waals surface area (Å²) in [6.45, 7) is -0.484. The lowest BCUT2D eigenvalue weighted by Crippen LogP contribution is -2.10. The number of ether oxygens (including phenoxy) is 1. The topological polar surface area (TPSA) is 46.5 Å². The minimum atomic E-state index is -4.40. The van der Waals surface area contributed by atoms with Crippen molar-refractivity contribution < 1.29 is 27.8 Å². The zero-order valence-electron chi connectivity index (χ0n) is 16.9. The first kappa shape index (κ1) is 21.4. The molecule has 0 unspecified atom stereocenters. The van der Waals surface area contributed by atoms with Crippen molar-refractivity contribution in [3.63, 3.8) is 0 Å². The molecule has 0 spiro atoms. The van der Waals surface area contributed by atoms with Crippen LogP contribution in [-0.4, -0.2) is 17.7 Å². The van der Waals surface area contributed by atoms with Crippen LogP contribution in [0, 0.1) is 0 Å². The third kappa shape index (κ3) is 4.75. The van der Waals surface area contributed by atoms with Gasteiger partial charge in [-0.3, -0.25) is 0 Å². The van der Waals surface area contributed by atoms with E-state index >= 15 is 0 Å². The molecule has 0 radical (unpaired) electrons. The fourth-order valence-corrected chi connectivity index (χ4v) is 3.68. The van der Waals surface area contributed by atoms with Gasteiger partial charge in [0, 0.05) is 6.42 Å². The molecular weight excluding hydrogens is 417 g/mol. The molecule has 1 N–H and O–H groups in total. The van der Waals surface area contributed by atoms with E-state index in [0.29, 0.717) is 17.7 Å². The number of fused-ring (bicyclic) bond motifs is 1. The summed E-state index contributed by atoms with van der Waals surface area (Å²) < 4.78 is 44.2. The van der Waals surface area contributed by atoms with E-state index in [2.05, 4.69) is 0 Å². The minimum Gasteiger partial charge on any atom is -0.482 e. The Balaban J connectivity index is 1.73. The molecule has 0 saturated heterocycles. The molecule has 4 rings (SSSR count). The van der Waals surface area contributed by atoms with Crippen LogP contribution in [0.25, 0.3) is 21.9 Å². The molecule has 0 aliphatic carbocycles. The normalized spacial score (nSPS) is 11.5. The molecule has 0 amide bonds. The van der Waals surface area contributed by atoms with Gasteiger partial charge in [0.15, 0.2) is 6.61 Å². The van der Waals surface area contributed by atoms with Gasteiger partial charge in [0.05, 0.1) is 5.56 Å². The Labute approximate surface area is 182 Å². The molecule has 0 saturated carbocycles. The highest BCUT2D eigenvalue weighted by Crippen LogP contribution is 2.33. The third-order valence-corrected chi connectivity index (χ3v) is 5.22. The Morgan fingerprint density at radius 3 is 2.22 bits per heavy atom. The van der Waals surface area contributed by atoms with Crippen LogP contribution in [0.1, 0.15) is 16.7 Å². The van der Waals surface area contributed by atoms with Crippen LogP contribution < -0.4 is 4.74 Å². The van der Waals surface area contributed by atoms with E-state index in [1.165, 1.54) is 12.1 Å². The second-order valence-corrected chi connectivity index (χ2v) is 7.40. The van der Waals surface area contributed by atoms with Crippen molar-refractivity contribution in [3.8, 4) is 16.9 Å². The van der Waals surface area contributed by atoms with Crippen LogP contribution in [0.4, 0.5) is 13.2 Å². The van der Waals surface area contributed by atoms with Crippen molar-refractivity contribution in [1.82, 2.24) is 0 Å². The summed E-state index contributed by atoms with van der Waals surface area (Å²) in [5.41, 5.74) is 2.42. The van der Waals surface area contributed by atoms with Gasteiger partial charge < -0.3 is 9.84 Å². The lowest BCUT2D eigenvalue weighted by Gasteiger charge is -2.14. The first-order valence-electron chi connectivity index (χ1n) is 9.93. The van der Waals surface area contributed by atoms with Crippen molar-refractivity contribution >= 4 is 16.7 Å². The van der Waals surface area contributed by atoms with E-state index in [9.17, 15) is 18.0 Å². The van der Waals surface area contributed by atoms with Gasteiger partial charge in [0.25, 0.3) is 0 Å². The van der Waals surface area contributed by atoms with Crippen molar-refractivity contribution in [2.75, 3.05) is 6.61 Å². The number of hydrogen-bond acceptors (Lipinski definition) is 2. The first-order chi connectivity index (χ1) is 15.3. The Morgan fingerprint density at radius 1 is 0.812 bits per heavy atom. The van der Waals surface area contributed by atoms with Gasteiger partial charge in [0.1, 0.15) is 5.75 Å². The van der Waals surface area contributed by atoms with Crippen LogP contribution >= 0.6 is 0 Å². The molecule has 162 valence electrons. The molecule has 4 aromatic carbocycles. The first-order valence-corrected chi connectivity index (χ1v) is 9.93. The fraction of sp³-hybridized carbons (Fsp3) is 0.115. The lowest BCUT2D eigenvalue weighted by atomic mass is 9.95. The zero-order valence-corrected chi connectivity index (χ0v) is 16.9. The van der Waals surface area contributed by atoms with Crippen LogP contribution in [0.5, 0.6) is 5.75 Å². The number of halogens is 3. The van der Waals surface area contributed by atoms with Gasteiger partial charge in [-0.15, -0.1) is 0 Å². The maximum atomic E-state index is 12.9. The van der Waals surface area contributed by atoms with E-state index in [0.717, 1.165) is 39.6 Å². The molecule has 3 nitrogen and oxygen atoms in total. The number of aliphatic carboxylic acids is 1. The molecular formula is C26H19F3O3. The zero-order chi connectivity index (χ0) is 22.7. The number of alkyl halides is 3. The maximum absolute atomic E-state index is 12.9. The Hall–Kier alpha value is -3.80. The molecule has 32 heavy (non-hydrogen) atoms. The van der Waals surface area contributed by atoms with Crippen LogP contribution in [-0.2, 0) is 17.4 Å². The molecule has 6 heteroatoms. The largest absolute Gasteiger partial charge is 0.482 e. The molecule has 0 bridgehead atoms. The second kappa shape index (κ2) is 8.75. The highest BCUT2D eigenvalue weighted by molar-refractivity contribution is 5.86. The van der Waals surface area contributed by atoms with Crippen LogP contribution in [0.15, 0.2) is 84.9 Å². The molecule has 0 aliphatic rings. The Bertz CT molecular complexity index is 1260. The number of carboxylic acid groups (broad SMARTS) is 1. The van der Waals surface area contributed by atoms with E-state index in [1.807, 2.05) is 48.5 Å². The molecule has 0 heterocycles. The quantitative estimate of drug-likeness (QED) is 0.371. The fourth-order valence-electron chi connectivity index (χ4n) is 3.68. The lowest BCUT2D eigenvalue weighted by molar-refractivity contribution is -0.139. The predicted octanol–water partition coefficient (Wildman–Crippen LogP) is 6.58. The van der Waals surface area contributed by atoms with E-state index in [4.69, 9.17) is 9.84 Å². The summed E-state index contributed by atoms with van der Waals surface area (Å²) >= 11 is 0. The van der Waals surface area contributed by atoms with Crippen molar-refractivity contribution in [2.45, 2.75) is 12.6 Å². The van der Waals surface area contributed by atoms with Gasteiger partial charge in [0.2, 0.25) is 0 Å². The van der Waals surface area contributed by atoms with Gasteiger partial charge in [-0.25, -0.2) is 4.79 Å². The van der Waals surface area contributed by atoms with Gasteiger partial charge in [-0.1, -0.05) is 60.7 Å². The summed E-state index contributed by atoms with van der Waals surface area (Å²) in [5.74, 6) is -0.663. The molecule has 0 fully saturated rings. The molecule has 0 aliphatic heterocycles. The summed E-state index contributed by atoms with van der Waals surface area (Å²) in [6, 6.07) is 24.1. The number of carboxylic acids is 1. The van der Waals surface area contributed by atoms with E-state index < -0.39 is 24.3 Å². The number of rotatable bonds is 6. The molecule has 4 aromatic rings. The van der Waals surface area contributed by atoms with Crippen molar-refractivity contribution in [3.05, 3.63) is 102 Å². The number of benzene rings is 4. The average molecular weight is 436 g/mol. The number of hydrogen-bond donors (Lipinski definition) is 1. The maximum Gasteiger partial charge on any atom is 0.416 e. The van der Waals surface area contributed by atoms with Gasteiger partial charge in [-0.05, 0) is 57.3 Å². The summed E-state index contributed by atoms with van der Waals surface area (Å²) in [5, 5.41) is 11.2. The number of carbonyl (C=O) groups is 1. The molecule has 0 aromatic heterocycles. The Morgan fingerprint density at radius 2 is 1.50 bits per heavy atom.